The van der Waals surface area contributed by atoms with Crippen LogP contribution in [0.2, 0.25) is 0 Å². The van der Waals surface area contributed by atoms with E-state index < -0.39 is 0 Å². The number of carbonyl (C=O) groups excluding carboxylic acids is 1. The number of aliphatic imine (C=N–C) groups is 1. The van der Waals surface area contributed by atoms with Crippen LogP contribution in [0.25, 0.3) is 5.69 Å². The predicted octanol–water partition coefficient (Wildman–Crippen LogP) is 6.56. The van der Waals surface area contributed by atoms with Crippen molar-refractivity contribution in [1.82, 2.24) is 4.57 Å². The van der Waals surface area contributed by atoms with E-state index in [0.29, 0.717) is 12.2 Å². The number of unbranched alkanes of at least 4 members (excludes halogenated alkanes) is 1. The van der Waals surface area contributed by atoms with Crippen molar-refractivity contribution in [3.63, 3.8) is 0 Å². The summed E-state index contributed by atoms with van der Waals surface area (Å²) in [7, 11) is 0. The van der Waals surface area contributed by atoms with Gasteiger partial charge in [-0.05, 0) is 74.9 Å². The molecule has 0 aliphatic rings. The molecule has 0 saturated heterocycles. The van der Waals surface area contributed by atoms with E-state index in [1.54, 1.807) is 12.1 Å². The summed E-state index contributed by atoms with van der Waals surface area (Å²) in [6, 6.07) is 17.6. The Hall–Kier alpha value is -2.66. The Bertz CT molecular complexity index is 1000. The second-order valence-electron chi connectivity index (χ2n) is 6.93. The normalized spacial score (nSPS) is 11.2. The number of esters is 1. The van der Waals surface area contributed by atoms with Gasteiger partial charge in [0.25, 0.3) is 0 Å². The SMILES string of the molecule is CCCCOC(=O)c1ccc(N=Cc2cc(C)n(-c3ccc(Br)cc3)c2C)cc1. The minimum atomic E-state index is -0.285. The number of aryl methyl sites for hydroxylation is 1. The molecule has 0 fully saturated rings. The van der Waals surface area contributed by atoms with Gasteiger partial charge in [-0.3, -0.25) is 4.99 Å². The third-order valence-corrected chi connectivity index (χ3v) is 5.27. The van der Waals surface area contributed by atoms with Crippen molar-refractivity contribution in [2.24, 2.45) is 4.99 Å². The highest BCUT2D eigenvalue weighted by molar-refractivity contribution is 9.10. The molecule has 0 radical (unpaired) electrons. The Morgan fingerprint density at radius 2 is 1.79 bits per heavy atom. The summed E-state index contributed by atoms with van der Waals surface area (Å²) >= 11 is 3.48. The molecule has 4 nitrogen and oxygen atoms in total. The van der Waals surface area contributed by atoms with Crippen molar-refractivity contribution in [2.45, 2.75) is 33.6 Å². The molecule has 0 N–H and O–H groups in total. The van der Waals surface area contributed by atoms with Crippen LogP contribution >= 0.6 is 15.9 Å². The van der Waals surface area contributed by atoms with Gasteiger partial charge in [0.1, 0.15) is 0 Å². The van der Waals surface area contributed by atoms with Crippen molar-refractivity contribution < 1.29 is 9.53 Å². The fraction of sp³-hybridized carbons (Fsp3) is 0.250. The summed E-state index contributed by atoms with van der Waals surface area (Å²) in [4.78, 5) is 16.6. The minimum Gasteiger partial charge on any atom is -0.462 e. The Kier molecular flexibility index (Phi) is 7.04. The average molecular weight is 453 g/mol. The molecule has 0 bridgehead atoms. The molecule has 0 spiro atoms. The number of rotatable bonds is 7. The summed E-state index contributed by atoms with van der Waals surface area (Å²) in [6.45, 7) is 6.71. The van der Waals surface area contributed by atoms with Gasteiger partial charge >= 0.3 is 5.97 Å². The molecule has 1 aromatic heterocycles. The van der Waals surface area contributed by atoms with E-state index in [1.807, 2.05) is 30.5 Å². The van der Waals surface area contributed by atoms with Crippen LogP contribution in [-0.2, 0) is 4.74 Å². The zero-order chi connectivity index (χ0) is 20.8. The fourth-order valence-electron chi connectivity index (χ4n) is 3.13. The molecular weight excluding hydrogens is 428 g/mol. The van der Waals surface area contributed by atoms with Crippen LogP contribution in [0, 0.1) is 13.8 Å². The molecule has 0 unspecified atom stereocenters. The quantitative estimate of drug-likeness (QED) is 0.231. The summed E-state index contributed by atoms with van der Waals surface area (Å²) in [6.07, 6.45) is 3.75. The first kappa shape index (κ1) is 21.1. The lowest BCUT2D eigenvalue weighted by molar-refractivity contribution is 0.0500. The van der Waals surface area contributed by atoms with Gasteiger partial charge in [-0.25, -0.2) is 4.79 Å². The van der Waals surface area contributed by atoms with Gasteiger partial charge in [0, 0.05) is 33.3 Å². The van der Waals surface area contributed by atoms with Crippen LogP contribution in [0.15, 0.2) is 64.1 Å². The van der Waals surface area contributed by atoms with Gasteiger partial charge in [0.2, 0.25) is 0 Å². The zero-order valence-corrected chi connectivity index (χ0v) is 18.6. The summed E-state index contributed by atoms with van der Waals surface area (Å²) < 4.78 is 8.51. The molecule has 150 valence electrons. The van der Waals surface area contributed by atoms with E-state index in [1.165, 1.54) is 0 Å². The maximum atomic E-state index is 12.0. The first-order chi connectivity index (χ1) is 14.0. The molecule has 0 atom stereocenters. The van der Waals surface area contributed by atoms with Crippen molar-refractivity contribution >= 4 is 33.8 Å². The van der Waals surface area contributed by atoms with Crippen LogP contribution in [0.4, 0.5) is 5.69 Å². The van der Waals surface area contributed by atoms with Gasteiger partial charge in [-0.15, -0.1) is 0 Å². The molecule has 0 amide bonds. The zero-order valence-electron chi connectivity index (χ0n) is 17.0. The highest BCUT2D eigenvalue weighted by Crippen LogP contribution is 2.22. The van der Waals surface area contributed by atoms with Crippen molar-refractivity contribution in [2.75, 3.05) is 6.61 Å². The Labute approximate surface area is 180 Å². The van der Waals surface area contributed by atoms with Gasteiger partial charge in [-0.2, -0.15) is 0 Å². The first-order valence-electron chi connectivity index (χ1n) is 9.75. The molecule has 29 heavy (non-hydrogen) atoms. The molecular formula is C24H25BrN2O2. The lowest BCUT2D eigenvalue weighted by atomic mass is 10.2. The molecule has 2 aromatic carbocycles. The summed E-state index contributed by atoms with van der Waals surface area (Å²) in [5, 5.41) is 0. The van der Waals surface area contributed by atoms with Crippen molar-refractivity contribution in [3.8, 4) is 5.69 Å². The number of hydrogen-bond donors (Lipinski definition) is 0. The van der Waals surface area contributed by atoms with Gasteiger partial charge in [-0.1, -0.05) is 29.3 Å². The Morgan fingerprint density at radius 3 is 2.45 bits per heavy atom. The van der Waals surface area contributed by atoms with Crippen LogP contribution in [0.3, 0.4) is 0 Å². The van der Waals surface area contributed by atoms with E-state index in [2.05, 4.69) is 64.5 Å². The first-order valence-corrected chi connectivity index (χ1v) is 10.5. The van der Waals surface area contributed by atoms with E-state index >= 15 is 0 Å². The molecule has 0 saturated carbocycles. The second-order valence-corrected chi connectivity index (χ2v) is 7.85. The Balaban J connectivity index is 1.74. The molecule has 0 aliphatic heterocycles. The van der Waals surface area contributed by atoms with Crippen molar-refractivity contribution in [3.05, 3.63) is 81.6 Å². The lowest BCUT2D eigenvalue weighted by Gasteiger charge is -2.09. The molecule has 3 aromatic rings. The largest absolute Gasteiger partial charge is 0.462 e. The maximum Gasteiger partial charge on any atom is 0.338 e. The highest BCUT2D eigenvalue weighted by atomic mass is 79.9. The monoisotopic (exact) mass is 452 g/mol. The van der Waals surface area contributed by atoms with Gasteiger partial charge in [0.05, 0.1) is 17.9 Å². The van der Waals surface area contributed by atoms with E-state index in [0.717, 1.165) is 45.6 Å². The molecule has 3 rings (SSSR count). The van der Waals surface area contributed by atoms with E-state index in [-0.39, 0.29) is 5.97 Å². The topological polar surface area (TPSA) is 43.6 Å². The number of nitrogens with zero attached hydrogens (tertiary/aromatic N) is 2. The number of benzene rings is 2. The standard InChI is InChI=1S/C24H25BrN2O2/c1-4-5-14-29-24(28)19-6-10-22(11-7-19)26-16-20-15-17(2)27(18(20)3)23-12-8-21(25)9-13-23/h6-13,15-16H,4-5,14H2,1-3H3. The lowest BCUT2D eigenvalue weighted by Crippen LogP contribution is -2.05. The summed E-state index contributed by atoms with van der Waals surface area (Å²) in [5.41, 5.74) is 5.81. The number of hydrogen-bond acceptors (Lipinski definition) is 3. The molecule has 0 aliphatic carbocycles. The predicted molar refractivity (Wildman–Crippen MR) is 122 cm³/mol. The molecule has 5 heteroatoms. The van der Waals surface area contributed by atoms with Crippen molar-refractivity contribution in [1.29, 1.82) is 0 Å². The second kappa shape index (κ2) is 9.70. The summed E-state index contributed by atoms with van der Waals surface area (Å²) in [5.74, 6) is -0.285. The Morgan fingerprint density at radius 1 is 1.10 bits per heavy atom. The van der Waals surface area contributed by atoms with E-state index in [9.17, 15) is 4.79 Å². The average Bonchev–Trinajstić information content (AvgIpc) is 3.01. The van der Waals surface area contributed by atoms with Crippen LogP contribution in [0.5, 0.6) is 0 Å². The van der Waals surface area contributed by atoms with Crippen LogP contribution in [0.1, 0.15) is 47.1 Å². The fourth-order valence-corrected chi connectivity index (χ4v) is 3.39. The van der Waals surface area contributed by atoms with Gasteiger partial charge in [0.15, 0.2) is 0 Å². The number of halogens is 1. The minimum absolute atomic E-state index is 0.285. The number of carbonyl (C=O) groups is 1. The molecule has 1 heterocycles. The third-order valence-electron chi connectivity index (χ3n) is 4.74. The smallest absolute Gasteiger partial charge is 0.338 e. The maximum absolute atomic E-state index is 12.0. The highest BCUT2D eigenvalue weighted by Gasteiger charge is 2.10. The third kappa shape index (κ3) is 5.24. The van der Waals surface area contributed by atoms with Crippen LogP contribution in [-0.4, -0.2) is 23.4 Å². The van der Waals surface area contributed by atoms with Gasteiger partial charge < -0.3 is 9.30 Å². The number of ether oxygens (including phenoxy) is 1. The number of aromatic nitrogens is 1. The van der Waals surface area contributed by atoms with Crippen LogP contribution < -0.4 is 0 Å². The van der Waals surface area contributed by atoms with E-state index in [4.69, 9.17) is 4.74 Å².